The van der Waals surface area contributed by atoms with Gasteiger partial charge in [-0.3, -0.25) is 19.8 Å². The van der Waals surface area contributed by atoms with E-state index in [-0.39, 0.29) is 16.6 Å². The summed E-state index contributed by atoms with van der Waals surface area (Å²) in [6.07, 6.45) is 1.63. The molecule has 2 rings (SSSR count). The van der Waals surface area contributed by atoms with Crippen molar-refractivity contribution >= 4 is 35.2 Å². The molecule has 0 radical (unpaired) electrons. The van der Waals surface area contributed by atoms with Crippen LogP contribution >= 0.6 is 12.2 Å². The van der Waals surface area contributed by atoms with E-state index < -0.39 is 5.91 Å². The molecule has 2 amide bonds. The molecule has 0 saturated carbocycles. The Kier molecular flexibility index (Phi) is 3.76. The zero-order valence-electron chi connectivity index (χ0n) is 12.0. The van der Waals surface area contributed by atoms with Gasteiger partial charge in [-0.25, -0.2) is 0 Å². The van der Waals surface area contributed by atoms with Crippen LogP contribution in [0.4, 0.5) is 0 Å². The molecule has 2 heterocycles. The number of carbonyl (C=O) groups excluding carboxylic acids is 2. The highest BCUT2D eigenvalue weighted by molar-refractivity contribution is 7.80. The number of amides is 2. The number of hydrogen-bond donors (Lipinski definition) is 1. The maximum Gasteiger partial charge on any atom is 0.265 e. The van der Waals surface area contributed by atoms with Crippen molar-refractivity contribution in [3.8, 4) is 0 Å². The van der Waals surface area contributed by atoms with Gasteiger partial charge in [0.15, 0.2) is 5.11 Å². The average molecular weight is 291 g/mol. The van der Waals surface area contributed by atoms with Crippen LogP contribution in [-0.4, -0.2) is 32.9 Å². The van der Waals surface area contributed by atoms with E-state index in [9.17, 15) is 9.59 Å². The van der Waals surface area contributed by atoms with E-state index in [1.54, 1.807) is 6.08 Å². The maximum atomic E-state index is 12.3. The number of aromatic nitrogens is 1. The highest BCUT2D eigenvalue weighted by Crippen LogP contribution is 2.19. The molecule has 0 spiro atoms. The second-order valence-corrected chi connectivity index (χ2v) is 5.14. The third-order valence-electron chi connectivity index (χ3n) is 3.62. The maximum absolute atomic E-state index is 12.3. The third-order valence-corrected chi connectivity index (χ3v) is 3.94. The first-order chi connectivity index (χ1) is 9.36. The minimum atomic E-state index is -0.439. The van der Waals surface area contributed by atoms with Crippen LogP contribution in [0.5, 0.6) is 0 Å². The monoisotopic (exact) mass is 291 g/mol. The summed E-state index contributed by atoms with van der Waals surface area (Å²) in [7, 11) is 1.95. The number of rotatable bonds is 2. The summed E-state index contributed by atoms with van der Waals surface area (Å²) in [5.74, 6) is -0.784. The Morgan fingerprint density at radius 2 is 2.00 bits per heavy atom. The molecule has 5 nitrogen and oxygen atoms in total. The molecule has 1 N–H and O–H groups in total. The quantitative estimate of drug-likeness (QED) is 0.507. The number of carbonyl (C=O) groups is 2. The fraction of sp³-hybridized carbons (Fsp3) is 0.357. The third kappa shape index (κ3) is 2.27. The molecule has 1 aliphatic heterocycles. The van der Waals surface area contributed by atoms with E-state index in [2.05, 4.69) is 5.32 Å². The summed E-state index contributed by atoms with van der Waals surface area (Å²) >= 11 is 4.99. The van der Waals surface area contributed by atoms with Crippen LogP contribution in [0.2, 0.25) is 0 Å². The number of nitrogens with zero attached hydrogens (tertiary/aromatic N) is 2. The Bertz CT molecular complexity index is 643. The van der Waals surface area contributed by atoms with E-state index in [1.807, 2.05) is 38.5 Å². The van der Waals surface area contributed by atoms with Crippen molar-refractivity contribution in [3.63, 3.8) is 0 Å². The first kappa shape index (κ1) is 14.5. The SMILES string of the molecule is CCN1C(=O)/C(=C\c2cc(C)n(C)c2C)C(=O)NC1=S. The lowest BCUT2D eigenvalue weighted by Crippen LogP contribution is -2.53. The Labute approximate surface area is 123 Å². The first-order valence-electron chi connectivity index (χ1n) is 6.38. The van der Waals surface area contributed by atoms with Gasteiger partial charge >= 0.3 is 0 Å². The van der Waals surface area contributed by atoms with Gasteiger partial charge in [-0.05, 0) is 50.7 Å². The molecular weight excluding hydrogens is 274 g/mol. The fourth-order valence-electron chi connectivity index (χ4n) is 2.17. The van der Waals surface area contributed by atoms with Gasteiger partial charge in [0.25, 0.3) is 11.8 Å². The van der Waals surface area contributed by atoms with Crippen molar-refractivity contribution in [2.24, 2.45) is 7.05 Å². The molecule has 0 unspecified atom stereocenters. The molecule has 1 aromatic rings. The Morgan fingerprint density at radius 1 is 1.35 bits per heavy atom. The molecule has 0 bridgehead atoms. The van der Waals surface area contributed by atoms with Gasteiger partial charge in [-0.1, -0.05) is 0 Å². The number of thiocarbonyl (C=S) groups is 1. The zero-order chi connectivity index (χ0) is 15.0. The lowest BCUT2D eigenvalue weighted by molar-refractivity contribution is -0.128. The predicted octanol–water partition coefficient (Wildman–Crippen LogP) is 1.29. The van der Waals surface area contributed by atoms with Gasteiger partial charge in [0.05, 0.1) is 0 Å². The van der Waals surface area contributed by atoms with Crippen LogP contribution in [0.15, 0.2) is 11.6 Å². The Balaban J connectivity index is 2.46. The van der Waals surface area contributed by atoms with E-state index in [0.29, 0.717) is 6.54 Å². The molecule has 6 heteroatoms. The molecule has 106 valence electrons. The van der Waals surface area contributed by atoms with Gasteiger partial charge in [-0.15, -0.1) is 0 Å². The normalized spacial score (nSPS) is 17.9. The fourth-order valence-corrected chi connectivity index (χ4v) is 2.47. The topological polar surface area (TPSA) is 54.3 Å². The summed E-state index contributed by atoms with van der Waals surface area (Å²) < 4.78 is 2.01. The van der Waals surface area contributed by atoms with Crippen molar-refractivity contribution in [2.75, 3.05) is 6.54 Å². The van der Waals surface area contributed by atoms with Gasteiger partial charge in [0, 0.05) is 25.0 Å². The number of hydrogen-bond acceptors (Lipinski definition) is 3. The summed E-state index contributed by atoms with van der Waals surface area (Å²) in [5, 5.41) is 2.71. The van der Waals surface area contributed by atoms with Crippen LogP contribution < -0.4 is 5.32 Å². The smallest absolute Gasteiger partial charge is 0.265 e. The zero-order valence-corrected chi connectivity index (χ0v) is 12.8. The van der Waals surface area contributed by atoms with Crippen molar-refractivity contribution in [2.45, 2.75) is 20.8 Å². The lowest BCUT2D eigenvalue weighted by Gasteiger charge is -2.27. The molecule has 1 aromatic heterocycles. The van der Waals surface area contributed by atoms with Crippen LogP contribution in [-0.2, 0) is 16.6 Å². The van der Waals surface area contributed by atoms with Gasteiger partial charge in [0.1, 0.15) is 5.57 Å². The van der Waals surface area contributed by atoms with Gasteiger partial charge in [0.2, 0.25) is 0 Å². The van der Waals surface area contributed by atoms with Gasteiger partial charge < -0.3 is 4.57 Å². The second-order valence-electron chi connectivity index (χ2n) is 4.75. The average Bonchev–Trinajstić information content (AvgIpc) is 2.62. The van der Waals surface area contributed by atoms with Crippen molar-refractivity contribution in [1.29, 1.82) is 0 Å². The number of likely N-dealkylation sites (N-methyl/N-ethyl adjacent to an activating group) is 1. The molecule has 20 heavy (non-hydrogen) atoms. The van der Waals surface area contributed by atoms with E-state index >= 15 is 0 Å². The first-order valence-corrected chi connectivity index (χ1v) is 6.79. The summed E-state index contributed by atoms with van der Waals surface area (Å²) in [6.45, 7) is 6.18. The largest absolute Gasteiger partial charge is 0.352 e. The van der Waals surface area contributed by atoms with Crippen LogP contribution in [0.1, 0.15) is 23.9 Å². The highest BCUT2D eigenvalue weighted by atomic mass is 32.1. The minimum absolute atomic E-state index is 0.120. The standard InChI is InChI=1S/C14H17N3O2S/c1-5-17-13(19)11(12(18)15-14(17)20)7-10-6-8(2)16(4)9(10)3/h6-7H,5H2,1-4H3,(H,15,18,20)/b11-7-. The van der Waals surface area contributed by atoms with Crippen LogP contribution in [0.3, 0.4) is 0 Å². The molecule has 1 fully saturated rings. The van der Waals surface area contributed by atoms with Crippen molar-refractivity contribution in [3.05, 3.63) is 28.6 Å². The minimum Gasteiger partial charge on any atom is -0.352 e. The van der Waals surface area contributed by atoms with E-state index in [0.717, 1.165) is 17.0 Å². The molecule has 0 aliphatic carbocycles. The van der Waals surface area contributed by atoms with Crippen molar-refractivity contribution < 1.29 is 9.59 Å². The Hall–Kier alpha value is -1.95. The number of aryl methyl sites for hydroxylation is 1. The molecular formula is C14H17N3O2S. The van der Waals surface area contributed by atoms with E-state index in [4.69, 9.17) is 12.2 Å². The summed E-state index contributed by atoms with van der Waals surface area (Å²) in [4.78, 5) is 25.6. The Morgan fingerprint density at radius 3 is 2.50 bits per heavy atom. The molecule has 0 atom stereocenters. The lowest BCUT2D eigenvalue weighted by atomic mass is 10.1. The highest BCUT2D eigenvalue weighted by Gasteiger charge is 2.32. The van der Waals surface area contributed by atoms with Gasteiger partial charge in [-0.2, -0.15) is 0 Å². The molecule has 0 aromatic carbocycles. The van der Waals surface area contributed by atoms with Crippen LogP contribution in [0.25, 0.3) is 6.08 Å². The van der Waals surface area contributed by atoms with Crippen molar-refractivity contribution in [1.82, 2.24) is 14.8 Å². The number of nitrogens with one attached hydrogen (secondary N) is 1. The second kappa shape index (κ2) is 5.20. The van der Waals surface area contributed by atoms with Crippen LogP contribution in [0, 0.1) is 13.8 Å². The summed E-state index contributed by atoms with van der Waals surface area (Å²) in [5.41, 5.74) is 3.06. The molecule has 1 aliphatic rings. The summed E-state index contributed by atoms with van der Waals surface area (Å²) in [6, 6.07) is 1.95. The molecule has 1 saturated heterocycles. The predicted molar refractivity (Wildman–Crippen MR) is 81.0 cm³/mol. The van der Waals surface area contributed by atoms with E-state index in [1.165, 1.54) is 4.90 Å².